The first-order valence-corrected chi connectivity index (χ1v) is 7.24. The predicted octanol–water partition coefficient (Wildman–Crippen LogP) is 3.12. The van der Waals surface area contributed by atoms with Gasteiger partial charge in [-0.2, -0.15) is 0 Å². The topological polar surface area (TPSA) is 38.3 Å². The molecule has 21 heavy (non-hydrogen) atoms. The molecule has 0 aliphatic rings. The second kappa shape index (κ2) is 8.10. The van der Waals surface area contributed by atoms with Crippen molar-refractivity contribution in [1.82, 2.24) is 5.32 Å². The Morgan fingerprint density at radius 1 is 1.05 bits per heavy atom. The average Bonchev–Trinajstić information content (AvgIpc) is 2.50. The number of hydrogen-bond donors (Lipinski definition) is 1. The number of carbonyl (C=O) groups excluding carboxylic acids is 1. The molecule has 2 aromatic carbocycles. The molecule has 1 amide bonds. The van der Waals surface area contributed by atoms with E-state index < -0.39 is 0 Å². The van der Waals surface area contributed by atoms with E-state index in [9.17, 15) is 4.79 Å². The van der Waals surface area contributed by atoms with Crippen LogP contribution in [0.1, 0.15) is 17.5 Å². The maximum atomic E-state index is 11.8. The molecule has 0 bridgehead atoms. The maximum Gasteiger partial charge on any atom is 0.224 e. The Morgan fingerprint density at radius 3 is 2.48 bits per heavy atom. The Labute approximate surface area is 126 Å². The zero-order chi connectivity index (χ0) is 14.9. The predicted molar refractivity (Wildman–Crippen MR) is 84.4 cm³/mol. The van der Waals surface area contributed by atoms with Gasteiger partial charge in [-0.3, -0.25) is 4.79 Å². The molecule has 110 valence electrons. The summed E-state index contributed by atoms with van der Waals surface area (Å²) >= 11 is 0. The molecule has 0 saturated carbocycles. The van der Waals surface area contributed by atoms with E-state index in [0.717, 1.165) is 17.7 Å². The van der Waals surface area contributed by atoms with Crippen LogP contribution in [0.5, 0.6) is 5.75 Å². The molecule has 0 unspecified atom stereocenters. The van der Waals surface area contributed by atoms with Crippen molar-refractivity contribution in [2.45, 2.75) is 19.8 Å². The zero-order valence-corrected chi connectivity index (χ0v) is 12.3. The van der Waals surface area contributed by atoms with E-state index in [4.69, 9.17) is 4.74 Å². The number of carbonyl (C=O) groups is 1. The van der Waals surface area contributed by atoms with Gasteiger partial charge in [0.1, 0.15) is 5.75 Å². The molecule has 0 fully saturated rings. The third kappa shape index (κ3) is 5.69. The minimum Gasteiger partial charge on any atom is -0.494 e. The number of amides is 1. The van der Waals surface area contributed by atoms with Crippen molar-refractivity contribution >= 4 is 5.91 Å². The van der Waals surface area contributed by atoms with Crippen LogP contribution in [-0.4, -0.2) is 19.1 Å². The van der Waals surface area contributed by atoms with Crippen LogP contribution in [0.2, 0.25) is 0 Å². The summed E-state index contributed by atoms with van der Waals surface area (Å²) < 4.78 is 5.57. The number of nitrogens with one attached hydrogen (secondary N) is 1. The maximum absolute atomic E-state index is 11.8. The van der Waals surface area contributed by atoms with Crippen molar-refractivity contribution in [2.24, 2.45) is 0 Å². The second-order valence-corrected chi connectivity index (χ2v) is 5.03. The largest absolute Gasteiger partial charge is 0.494 e. The molecule has 3 heteroatoms. The van der Waals surface area contributed by atoms with E-state index in [1.165, 1.54) is 5.56 Å². The highest BCUT2D eigenvalue weighted by molar-refractivity contribution is 5.78. The summed E-state index contributed by atoms with van der Waals surface area (Å²) in [5.41, 5.74) is 2.25. The van der Waals surface area contributed by atoms with E-state index in [1.807, 2.05) is 61.5 Å². The summed E-state index contributed by atoms with van der Waals surface area (Å²) in [7, 11) is 0. The molecule has 2 aromatic rings. The Morgan fingerprint density at radius 2 is 1.76 bits per heavy atom. The number of hydrogen-bond acceptors (Lipinski definition) is 2. The molecule has 2 rings (SSSR count). The van der Waals surface area contributed by atoms with Crippen molar-refractivity contribution in [1.29, 1.82) is 0 Å². The highest BCUT2D eigenvalue weighted by Crippen LogP contribution is 2.08. The fraction of sp³-hybridized carbons (Fsp3) is 0.278. The summed E-state index contributed by atoms with van der Waals surface area (Å²) in [5, 5.41) is 2.91. The van der Waals surface area contributed by atoms with Crippen LogP contribution in [0.25, 0.3) is 0 Å². The van der Waals surface area contributed by atoms with E-state index in [0.29, 0.717) is 19.6 Å². The van der Waals surface area contributed by atoms with Crippen molar-refractivity contribution in [2.75, 3.05) is 13.2 Å². The quantitative estimate of drug-likeness (QED) is 0.793. The molecule has 0 aromatic heterocycles. The number of ether oxygens (including phenoxy) is 1. The zero-order valence-electron chi connectivity index (χ0n) is 12.3. The van der Waals surface area contributed by atoms with Crippen molar-refractivity contribution in [3.8, 4) is 5.75 Å². The van der Waals surface area contributed by atoms with Crippen LogP contribution in [-0.2, 0) is 11.2 Å². The van der Waals surface area contributed by atoms with Gasteiger partial charge in [-0.15, -0.1) is 0 Å². The number of rotatable bonds is 7. The second-order valence-electron chi connectivity index (χ2n) is 5.03. The first-order valence-electron chi connectivity index (χ1n) is 7.24. The Kier molecular flexibility index (Phi) is 5.83. The summed E-state index contributed by atoms with van der Waals surface area (Å²) in [6, 6.07) is 17.7. The number of aryl methyl sites for hydroxylation is 1. The minimum atomic E-state index is 0.0542. The van der Waals surface area contributed by atoms with Gasteiger partial charge in [-0.05, 0) is 31.0 Å². The highest BCUT2D eigenvalue weighted by Gasteiger charge is 2.02. The van der Waals surface area contributed by atoms with Crippen LogP contribution in [0.3, 0.4) is 0 Å². The van der Waals surface area contributed by atoms with Crippen molar-refractivity contribution in [3.05, 3.63) is 65.7 Å². The molecule has 0 spiro atoms. The SMILES string of the molecule is Cc1ccc(CC(=O)NCCCOc2ccccc2)cc1. The summed E-state index contributed by atoms with van der Waals surface area (Å²) in [4.78, 5) is 11.8. The molecular formula is C18H21NO2. The van der Waals surface area contributed by atoms with Crippen molar-refractivity contribution < 1.29 is 9.53 Å². The van der Waals surface area contributed by atoms with E-state index in [1.54, 1.807) is 0 Å². The third-order valence-corrected chi connectivity index (χ3v) is 3.14. The average molecular weight is 283 g/mol. The van der Waals surface area contributed by atoms with Gasteiger partial charge in [0.15, 0.2) is 0 Å². The number of benzene rings is 2. The molecule has 0 radical (unpaired) electrons. The van der Waals surface area contributed by atoms with Gasteiger partial charge in [-0.25, -0.2) is 0 Å². The standard InChI is InChI=1S/C18H21NO2/c1-15-8-10-16(11-9-15)14-18(20)19-12-5-13-21-17-6-3-2-4-7-17/h2-4,6-11H,5,12-14H2,1H3,(H,19,20). The van der Waals surface area contributed by atoms with Gasteiger partial charge in [0.2, 0.25) is 5.91 Å². The van der Waals surface area contributed by atoms with Gasteiger partial charge in [-0.1, -0.05) is 48.0 Å². The van der Waals surface area contributed by atoms with E-state index >= 15 is 0 Å². The van der Waals surface area contributed by atoms with E-state index in [-0.39, 0.29) is 5.91 Å². The van der Waals surface area contributed by atoms with E-state index in [2.05, 4.69) is 5.32 Å². The fourth-order valence-electron chi connectivity index (χ4n) is 1.96. The summed E-state index contributed by atoms with van der Waals surface area (Å²) in [6.45, 7) is 3.28. The van der Waals surface area contributed by atoms with Crippen LogP contribution >= 0.6 is 0 Å². The molecular weight excluding hydrogens is 262 g/mol. The molecule has 0 aliphatic carbocycles. The third-order valence-electron chi connectivity index (χ3n) is 3.14. The molecule has 0 aliphatic heterocycles. The lowest BCUT2D eigenvalue weighted by Crippen LogP contribution is -2.27. The lowest BCUT2D eigenvalue weighted by atomic mass is 10.1. The van der Waals surface area contributed by atoms with Crippen molar-refractivity contribution in [3.63, 3.8) is 0 Å². The lowest BCUT2D eigenvalue weighted by molar-refractivity contribution is -0.120. The normalized spacial score (nSPS) is 10.1. The first kappa shape index (κ1) is 15.1. The first-order chi connectivity index (χ1) is 10.2. The monoisotopic (exact) mass is 283 g/mol. The Bertz CT molecular complexity index is 549. The molecule has 3 nitrogen and oxygen atoms in total. The molecule has 0 atom stereocenters. The van der Waals surface area contributed by atoms with Crippen LogP contribution < -0.4 is 10.1 Å². The molecule has 0 heterocycles. The van der Waals surface area contributed by atoms with Crippen LogP contribution in [0.4, 0.5) is 0 Å². The smallest absolute Gasteiger partial charge is 0.224 e. The highest BCUT2D eigenvalue weighted by atomic mass is 16.5. The van der Waals surface area contributed by atoms with Gasteiger partial charge in [0, 0.05) is 6.54 Å². The Hall–Kier alpha value is -2.29. The Balaban J connectivity index is 1.60. The van der Waals surface area contributed by atoms with Gasteiger partial charge in [0.05, 0.1) is 13.0 Å². The fourth-order valence-corrected chi connectivity index (χ4v) is 1.96. The summed E-state index contributed by atoms with van der Waals surface area (Å²) in [6.07, 6.45) is 1.23. The van der Waals surface area contributed by atoms with Gasteiger partial charge in [0.25, 0.3) is 0 Å². The van der Waals surface area contributed by atoms with Gasteiger partial charge >= 0.3 is 0 Å². The molecule has 0 saturated heterocycles. The van der Waals surface area contributed by atoms with Gasteiger partial charge < -0.3 is 10.1 Å². The minimum absolute atomic E-state index is 0.0542. The lowest BCUT2D eigenvalue weighted by Gasteiger charge is -2.07. The molecule has 1 N–H and O–H groups in total. The van der Waals surface area contributed by atoms with Crippen LogP contribution in [0, 0.1) is 6.92 Å². The number of para-hydroxylation sites is 1. The van der Waals surface area contributed by atoms with Crippen LogP contribution in [0.15, 0.2) is 54.6 Å². The summed E-state index contributed by atoms with van der Waals surface area (Å²) in [5.74, 6) is 0.919.